The van der Waals surface area contributed by atoms with E-state index < -0.39 is 22.9 Å². The van der Waals surface area contributed by atoms with Gasteiger partial charge in [0.25, 0.3) is 5.56 Å². The van der Waals surface area contributed by atoms with Crippen molar-refractivity contribution in [1.29, 1.82) is 0 Å². The summed E-state index contributed by atoms with van der Waals surface area (Å²) in [7, 11) is 1.19. The number of para-hydroxylation sites is 1. The van der Waals surface area contributed by atoms with Crippen molar-refractivity contribution in [1.82, 2.24) is 4.57 Å². The number of ether oxygens (including phenoxy) is 3. The topological polar surface area (TPSA) is 122 Å². The number of anilines is 1. The molecule has 2 atom stereocenters. The molecule has 3 aliphatic heterocycles. The van der Waals surface area contributed by atoms with Crippen LogP contribution in [-0.2, 0) is 31.0 Å². The quantitative estimate of drug-likeness (QED) is 0.694. The summed E-state index contributed by atoms with van der Waals surface area (Å²) in [6, 6.07) is 8.57. The number of benzene rings is 1. The minimum atomic E-state index is -1.79. The Morgan fingerprint density at radius 3 is 2.84 bits per heavy atom. The Kier molecular flexibility index (Phi) is 4.59. The largest absolute Gasteiger partial charge is 0.465 e. The van der Waals surface area contributed by atoms with Crippen LogP contribution in [0.4, 0.5) is 5.69 Å². The molecule has 0 bridgehead atoms. The van der Waals surface area contributed by atoms with Crippen molar-refractivity contribution in [2.24, 2.45) is 5.73 Å². The first-order chi connectivity index (χ1) is 15.4. The number of aromatic nitrogens is 1. The standard InChI is InChI=1S/C23H23N3O6/c1-12-10-16-17(20(27)26(12)11-13-6-5-9-31-13)23(18(19(24)32-16)21(28)30-2)14-7-3-4-8-15(14)25-22(23)29/h3-4,7-8,10,13H,5-6,9,11,24H2,1-2H3,(H,25,29)/t13-,23+/m1/s1. The van der Waals surface area contributed by atoms with E-state index >= 15 is 0 Å². The fourth-order valence-electron chi connectivity index (χ4n) is 4.97. The summed E-state index contributed by atoms with van der Waals surface area (Å²) >= 11 is 0. The fourth-order valence-corrected chi connectivity index (χ4v) is 4.97. The van der Waals surface area contributed by atoms with E-state index in [-0.39, 0.29) is 28.9 Å². The number of carbonyl (C=O) groups is 2. The number of pyridine rings is 1. The minimum Gasteiger partial charge on any atom is -0.465 e. The van der Waals surface area contributed by atoms with Crippen LogP contribution in [-0.4, -0.2) is 36.3 Å². The van der Waals surface area contributed by atoms with Crippen LogP contribution < -0.4 is 21.3 Å². The van der Waals surface area contributed by atoms with Crippen LogP contribution in [0.3, 0.4) is 0 Å². The molecule has 0 radical (unpaired) electrons. The van der Waals surface area contributed by atoms with E-state index in [1.807, 2.05) is 0 Å². The third-order valence-electron chi connectivity index (χ3n) is 6.41. The van der Waals surface area contributed by atoms with E-state index in [0.29, 0.717) is 30.1 Å². The molecule has 0 aliphatic carbocycles. The molecule has 1 spiro atoms. The number of amides is 1. The first kappa shape index (κ1) is 20.3. The first-order valence-electron chi connectivity index (χ1n) is 10.4. The average molecular weight is 437 g/mol. The van der Waals surface area contributed by atoms with Gasteiger partial charge in [-0.3, -0.25) is 9.59 Å². The molecule has 0 unspecified atom stereocenters. The zero-order chi connectivity index (χ0) is 22.6. The molecule has 1 aromatic heterocycles. The van der Waals surface area contributed by atoms with E-state index in [2.05, 4.69) is 5.32 Å². The van der Waals surface area contributed by atoms with Crippen LogP contribution in [0.1, 0.15) is 29.7 Å². The van der Waals surface area contributed by atoms with E-state index in [0.717, 1.165) is 12.8 Å². The Hall–Kier alpha value is -3.59. The molecular formula is C23H23N3O6. The predicted molar refractivity (Wildman–Crippen MR) is 114 cm³/mol. The predicted octanol–water partition coefficient (Wildman–Crippen LogP) is 1.31. The van der Waals surface area contributed by atoms with Crippen LogP contribution in [0.15, 0.2) is 46.6 Å². The molecule has 1 saturated heterocycles. The molecule has 9 heteroatoms. The Labute approximate surface area is 183 Å². The van der Waals surface area contributed by atoms with Crippen molar-refractivity contribution in [3.05, 3.63) is 69.0 Å². The van der Waals surface area contributed by atoms with Crippen molar-refractivity contribution in [2.75, 3.05) is 19.0 Å². The highest BCUT2D eigenvalue weighted by Gasteiger charge is 2.60. The average Bonchev–Trinajstić information content (AvgIpc) is 3.37. The lowest BCUT2D eigenvalue weighted by atomic mass is 9.68. The number of hydrogen-bond donors (Lipinski definition) is 2. The highest BCUT2D eigenvalue weighted by Crippen LogP contribution is 2.52. The summed E-state index contributed by atoms with van der Waals surface area (Å²) in [6.07, 6.45) is 1.67. The van der Waals surface area contributed by atoms with Gasteiger partial charge in [0.1, 0.15) is 16.7 Å². The van der Waals surface area contributed by atoms with Crippen LogP contribution in [0.5, 0.6) is 5.75 Å². The van der Waals surface area contributed by atoms with E-state index in [4.69, 9.17) is 19.9 Å². The van der Waals surface area contributed by atoms with Gasteiger partial charge in [-0.2, -0.15) is 0 Å². The van der Waals surface area contributed by atoms with Gasteiger partial charge in [0, 0.05) is 29.6 Å². The number of nitrogens with two attached hydrogens (primary N) is 1. The molecule has 1 aromatic carbocycles. The maximum atomic E-state index is 13.9. The fraction of sp³-hybridized carbons (Fsp3) is 0.348. The number of carbonyl (C=O) groups excluding carboxylic acids is 2. The van der Waals surface area contributed by atoms with Crippen LogP contribution in [0.2, 0.25) is 0 Å². The summed E-state index contributed by atoms with van der Waals surface area (Å²) in [5, 5.41) is 2.80. The number of rotatable bonds is 3. The Morgan fingerprint density at radius 2 is 2.12 bits per heavy atom. The zero-order valence-corrected chi connectivity index (χ0v) is 17.8. The lowest BCUT2D eigenvalue weighted by Gasteiger charge is -2.35. The smallest absolute Gasteiger partial charge is 0.340 e. The number of nitrogens with zero attached hydrogens (tertiary/aromatic N) is 1. The van der Waals surface area contributed by atoms with Crippen LogP contribution >= 0.6 is 0 Å². The van der Waals surface area contributed by atoms with Crippen LogP contribution in [0.25, 0.3) is 0 Å². The second kappa shape index (κ2) is 7.23. The van der Waals surface area contributed by atoms with Crippen molar-refractivity contribution in [3.8, 4) is 5.75 Å². The summed E-state index contributed by atoms with van der Waals surface area (Å²) in [5.74, 6) is -1.53. The second-order valence-corrected chi connectivity index (χ2v) is 8.16. The molecule has 3 aliphatic rings. The molecule has 32 heavy (non-hydrogen) atoms. The molecular weight excluding hydrogens is 414 g/mol. The normalized spacial score (nSPS) is 23.6. The first-order valence-corrected chi connectivity index (χ1v) is 10.4. The second-order valence-electron chi connectivity index (χ2n) is 8.16. The maximum Gasteiger partial charge on any atom is 0.340 e. The van der Waals surface area contributed by atoms with Gasteiger partial charge in [-0.05, 0) is 25.8 Å². The number of hydrogen-bond acceptors (Lipinski definition) is 7. The lowest BCUT2D eigenvalue weighted by molar-refractivity contribution is -0.138. The Morgan fingerprint density at radius 1 is 1.34 bits per heavy atom. The van der Waals surface area contributed by atoms with Crippen molar-refractivity contribution in [2.45, 2.75) is 37.8 Å². The molecule has 2 aromatic rings. The molecule has 3 N–H and O–H groups in total. The van der Waals surface area contributed by atoms with Crippen molar-refractivity contribution >= 4 is 17.6 Å². The van der Waals surface area contributed by atoms with Gasteiger partial charge < -0.3 is 29.8 Å². The van der Waals surface area contributed by atoms with Gasteiger partial charge in [0.2, 0.25) is 11.8 Å². The van der Waals surface area contributed by atoms with E-state index in [1.165, 1.54) is 7.11 Å². The number of methoxy groups -OCH3 is 1. The number of esters is 1. The van der Waals surface area contributed by atoms with Crippen LogP contribution in [0, 0.1) is 6.92 Å². The van der Waals surface area contributed by atoms with Crippen molar-refractivity contribution < 1.29 is 23.8 Å². The molecule has 1 fully saturated rings. The summed E-state index contributed by atoms with van der Waals surface area (Å²) in [5.41, 5.74) is 5.35. The highest BCUT2D eigenvalue weighted by atomic mass is 16.5. The van der Waals surface area contributed by atoms with Gasteiger partial charge in [-0.1, -0.05) is 18.2 Å². The molecule has 0 saturated carbocycles. The number of fused-ring (bicyclic) bond motifs is 4. The lowest BCUT2D eigenvalue weighted by Crippen LogP contribution is -2.50. The molecule has 9 nitrogen and oxygen atoms in total. The molecule has 5 rings (SSSR count). The third kappa shape index (κ3) is 2.64. The van der Waals surface area contributed by atoms with Gasteiger partial charge in [-0.25, -0.2) is 4.79 Å². The van der Waals surface area contributed by atoms with Gasteiger partial charge in [0.15, 0.2) is 0 Å². The number of aryl methyl sites for hydroxylation is 1. The molecule has 4 heterocycles. The zero-order valence-electron chi connectivity index (χ0n) is 17.8. The Bertz CT molecular complexity index is 1240. The van der Waals surface area contributed by atoms with E-state index in [9.17, 15) is 14.4 Å². The monoisotopic (exact) mass is 437 g/mol. The van der Waals surface area contributed by atoms with Gasteiger partial charge in [-0.15, -0.1) is 0 Å². The highest BCUT2D eigenvalue weighted by molar-refractivity contribution is 6.17. The Balaban J connectivity index is 1.84. The summed E-state index contributed by atoms with van der Waals surface area (Å²) < 4.78 is 18.0. The third-order valence-corrected chi connectivity index (χ3v) is 6.41. The molecule has 166 valence electrons. The minimum absolute atomic E-state index is 0.0400. The summed E-state index contributed by atoms with van der Waals surface area (Å²) in [4.78, 5) is 40.4. The van der Waals surface area contributed by atoms with Gasteiger partial charge in [0.05, 0.1) is 25.3 Å². The number of nitrogens with one attached hydrogen (secondary N) is 1. The maximum absolute atomic E-state index is 13.9. The molecule has 1 amide bonds. The van der Waals surface area contributed by atoms with E-state index in [1.54, 1.807) is 41.8 Å². The summed E-state index contributed by atoms with van der Waals surface area (Å²) in [6.45, 7) is 2.77. The van der Waals surface area contributed by atoms with Crippen molar-refractivity contribution in [3.63, 3.8) is 0 Å². The SMILES string of the molecule is COC(=O)C1=C(N)Oc2cc(C)n(C[C@H]3CCCO3)c(=O)c2[C@]12C(=O)Nc1ccccc12. The van der Waals surface area contributed by atoms with Gasteiger partial charge >= 0.3 is 5.97 Å².